The average Bonchev–Trinajstić information content (AvgIpc) is 2.76. The van der Waals surface area contributed by atoms with E-state index < -0.39 is 13.3 Å². The summed E-state index contributed by atoms with van der Waals surface area (Å²) < 4.78 is 25.0. The Kier molecular flexibility index (Phi) is 10.9. The second-order valence-corrected chi connectivity index (χ2v) is 10.7. The second-order valence-electron chi connectivity index (χ2n) is 7.63. The summed E-state index contributed by atoms with van der Waals surface area (Å²) in [5.41, 5.74) is 2.08. The maximum Gasteiger partial charge on any atom is 0.338 e. The van der Waals surface area contributed by atoms with Crippen molar-refractivity contribution in [2.24, 2.45) is 0 Å². The van der Waals surface area contributed by atoms with Crippen LogP contribution in [0.25, 0.3) is 0 Å². The molecule has 0 aliphatic rings. The Labute approximate surface area is 206 Å². The highest BCUT2D eigenvalue weighted by molar-refractivity contribution is 7.54. The SMILES string of the molecule is CCOP(=O)(OCC)C(CCN(OC(C)c1ccc(C)cc1)C(C)=O)c1ccc(Cl)c(Cl)c1. The lowest BCUT2D eigenvalue weighted by Gasteiger charge is -2.30. The van der Waals surface area contributed by atoms with Gasteiger partial charge in [0.2, 0.25) is 5.91 Å². The Morgan fingerprint density at radius 3 is 2.09 bits per heavy atom. The van der Waals surface area contributed by atoms with Crippen LogP contribution in [-0.4, -0.2) is 30.7 Å². The summed E-state index contributed by atoms with van der Waals surface area (Å²) in [6.07, 6.45) is -0.0707. The van der Waals surface area contributed by atoms with Crippen molar-refractivity contribution in [1.82, 2.24) is 5.06 Å². The first-order chi connectivity index (χ1) is 15.6. The number of halogens is 2. The molecule has 9 heteroatoms. The van der Waals surface area contributed by atoms with Crippen LogP contribution in [-0.2, 0) is 23.2 Å². The highest BCUT2D eigenvalue weighted by Gasteiger charge is 2.37. The molecule has 2 unspecified atom stereocenters. The highest BCUT2D eigenvalue weighted by atomic mass is 35.5. The number of aryl methyl sites for hydroxylation is 1. The van der Waals surface area contributed by atoms with Gasteiger partial charge in [-0.15, -0.1) is 0 Å². The quantitative estimate of drug-likeness (QED) is 0.215. The molecule has 0 fully saturated rings. The number of carbonyl (C=O) groups is 1. The average molecular weight is 516 g/mol. The normalized spacial score (nSPS) is 13.5. The van der Waals surface area contributed by atoms with E-state index in [1.807, 2.05) is 38.1 Å². The molecule has 0 N–H and O–H groups in total. The van der Waals surface area contributed by atoms with Gasteiger partial charge in [0.15, 0.2) is 0 Å². The van der Waals surface area contributed by atoms with E-state index in [1.54, 1.807) is 32.0 Å². The topological polar surface area (TPSA) is 65.1 Å². The second kappa shape index (κ2) is 12.9. The van der Waals surface area contributed by atoms with Gasteiger partial charge < -0.3 is 9.05 Å². The Hall–Kier alpha value is -1.40. The van der Waals surface area contributed by atoms with E-state index in [9.17, 15) is 9.36 Å². The van der Waals surface area contributed by atoms with Gasteiger partial charge in [-0.2, -0.15) is 0 Å². The summed E-state index contributed by atoms with van der Waals surface area (Å²) in [5.74, 6) is -0.260. The van der Waals surface area contributed by atoms with Crippen molar-refractivity contribution in [2.75, 3.05) is 19.8 Å². The fourth-order valence-corrected chi connectivity index (χ4v) is 5.84. The van der Waals surface area contributed by atoms with Gasteiger partial charge in [0.25, 0.3) is 0 Å². The Morgan fingerprint density at radius 1 is 1.00 bits per heavy atom. The minimum atomic E-state index is -3.57. The summed E-state index contributed by atoms with van der Waals surface area (Å²) in [7, 11) is -3.57. The van der Waals surface area contributed by atoms with E-state index in [-0.39, 0.29) is 38.2 Å². The number of carbonyl (C=O) groups excluding carboxylic acids is 1. The number of hydrogen-bond acceptors (Lipinski definition) is 5. The van der Waals surface area contributed by atoms with Crippen molar-refractivity contribution in [1.29, 1.82) is 0 Å². The van der Waals surface area contributed by atoms with Crippen LogP contribution in [0.1, 0.15) is 62.6 Å². The number of rotatable bonds is 12. The fourth-order valence-electron chi connectivity index (χ4n) is 3.42. The number of hydroxylamine groups is 2. The van der Waals surface area contributed by atoms with Crippen molar-refractivity contribution in [2.45, 2.75) is 52.8 Å². The lowest BCUT2D eigenvalue weighted by atomic mass is 10.1. The Bertz CT molecular complexity index is 960. The standard InChI is InChI=1S/C24H32Cl2NO5P/c1-6-30-33(29,31-7-2)24(21-12-13-22(25)23(26)16-21)14-15-27(19(5)28)32-18(4)20-10-8-17(3)9-11-20/h8-13,16,18,24H,6-7,14-15H2,1-5H3. The van der Waals surface area contributed by atoms with Crippen LogP contribution in [0.4, 0.5) is 0 Å². The van der Waals surface area contributed by atoms with Crippen LogP contribution >= 0.6 is 30.8 Å². The van der Waals surface area contributed by atoms with Gasteiger partial charge in [-0.25, -0.2) is 5.06 Å². The molecule has 0 saturated heterocycles. The lowest BCUT2D eigenvalue weighted by Crippen LogP contribution is -2.32. The molecule has 0 spiro atoms. The van der Waals surface area contributed by atoms with Crippen molar-refractivity contribution in [3.05, 3.63) is 69.2 Å². The summed E-state index contributed by atoms with van der Waals surface area (Å²) in [6.45, 7) is 9.44. The predicted molar refractivity (Wildman–Crippen MR) is 133 cm³/mol. The Balaban J connectivity index is 2.28. The van der Waals surface area contributed by atoms with E-state index in [0.29, 0.717) is 15.6 Å². The lowest BCUT2D eigenvalue weighted by molar-refractivity contribution is -0.203. The van der Waals surface area contributed by atoms with Crippen LogP contribution in [0.3, 0.4) is 0 Å². The molecule has 0 aromatic heterocycles. The van der Waals surface area contributed by atoms with Crippen molar-refractivity contribution in [3.8, 4) is 0 Å². The van der Waals surface area contributed by atoms with Crippen LogP contribution in [0, 0.1) is 6.92 Å². The predicted octanol–water partition coefficient (Wildman–Crippen LogP) is 7.54. The van der Waals surface area contributed by atoms with Gasteiger partial charge in [-0.3, -0.25) is 14.2 Å². The summed E-state index contributed by atoms with van der Waals surface area (Å²) in [4.78, 5) is 18.3. The van der Waals surface area contributed by atoms with E-state index in [0.717, 1.165) is 11.1 Å². The summed E-state index contributed by atoms with van der Waals surface area (Å²) in [5, 5.41) is 2.02. The maximum absolute atomic E-state index is 13.7. The minimum Gasteiger partial charge on any atom is -0.308 e. The van der Waals surface area contributed by atoms with Crippen molar-refractivity contribution >= 4 is 36.7 Å². The van der Waals surface area contributed by atoms with Gasteiger partial charge in [-0.1, -0.05) is 59.1 Å². The molecular formula is C24H32Cl2NO5P. The van der Waals surface area contributed by atoms with E-state index >= 15 is 0 Å². The third kappa shape index (κ3) is 7.81. The molecule has 0 aliphatic heterocycles. The molecule has 2 atom stereocenters. The number of hydrogen-bond donors (Lipinski definition) is 0. The van der Waals surface area contributed by atoms with E-state index in [2.05, 4.69) is 0 Å². The molecule has 2 rings (SSSR count). The van der Waals surface area contributed by atoms with E-state index in [4.69, 9.17) is 37.1 Å². The number of amides is 1. The third-order valence-electron chi connectivity index (χ3n) is 5.12. The molecule has 2 aromatic rings. The smallest absolute Gasteiger partial charge is 0.308 e. The molecule has 6 nitrogen and oxygen atoms in total. The zero-order valence-corrected chi connectivity index (χ0v) is 22.1. The molecule has 182 valence electrons. The van der Waals surface area contributed by atoms with E-state index in [1.165, 1.54) is 12.0 Å². The molecule has 33 heavy (non-hydrogen) atoms. The molecule has 1 amide bonds. The molecule has 0 heterocycles. The van der Waals surface area contributed by atoms with Crippen LogP contribution in [0.5, 0.6) is 0 Å². The minimum absolute atomic E-state index is 0.181. The van der Waals surface area contributed by atoms with Gasteiger partial charge in [0, 0.05) is 13.5 Å². The molecular weight excluding hydrogens is 484 g/mol. The Morgan fingerprint density at radius 2 is 1.58 bits per heavy atom. The molecule has 0 aliphatic carbocycles. The monoisotopic (exact) mass is 515 g/mol. The van der Waals surface area contributed by atoms with Gasteiger partial charge in [0.1, 0.15) is 6.10 Å². The first kappa shape index (κ1) is 27.8. The molecule has 0 saturated carbocycles. The van der Waals surface area contributed by atoms with Gasteiger partial charge >= 0.3 is 7.60 Å². The maximum atomic E-state index is 13.7. The zero-order valence-electron chi connectivity index (χ0n) is 19.7. The first-order valence-electron chi connectivity index (χ1n) is 11.0. The largest absolute Gasteiger partial charge is 0.338 e. The van der Waals surface area contributed by atoms with Gasteiger partial charge in [0.05, 0.1) is 28.9 Å². The fraction of sp³-hybridized carbons (Fsp3) is 0.458. The van der Waals surface area contributed by atoms with Crippen LogP contribution in [0.2, 0.25) is 10.0 Å². The van der Waals surface area contributed by atoms with Crippen molar-refractivity contribution < 1.29 is 23.2 Å². The summed E-state index contributed by atoms with van der Waals surface area (Å²) >= 11 is 12.3. The third-order valence-corrected chi connectivity index (χ3v) is 8.41. The van der Waals surface area contributed by atoms with Gasteiger partial charge in [-0.05, 0) is 57.4 Å². The molecule has 0 radical (unpaired) electrons. The summed E-state index contributed by atoms with van der Waals surface area (Å²) in [6, 6.07) is 13.0. The van der Waals surface area contributed by atoms with Crippen LogP contribution < -0.4 is 0 Å². The molecule has 2 aromatic carbocycles. The zero-order chi connectivity index (χ0) is 24.6. The number of nitrogens with zero attached hydrogens (tertiary/aromatic N) is 1. The molecule has 0 bridgehead atoms. The first-order valence-corrected chi connectivity index (χ1v) is 13.3. The number of benzene rings is 2. The highest BCUT2D eigenvalue weighted by Crippen LogP contribution is 2.62. The van der Waals surface area contributed by atoms with Crippen LogP contribution in [0.15, 0.2) is 42.5 Å². The van der Waals surface area contributed by atoms with Crippen molar-refractivity contribution in [3.63, 3.8) is 0 Å².